The molecule has 0 unspecified atom stereocenters. The molecule has 0 radical (unpaired) electrons. The number of ether oxygens (including phenoxy) is 1. The Labute approximate surface area is 173 Å². The number of nitrogens with zero attached hydrogens (tertiary/aromatic N) is 3. The smallest absolute Gasteiger partial charge is 0.258 e. The van der Waals surface area contributed by atoms with Crippen LogP contribution >= 0.6 is 0 Å². The topological polar surface area (TPSA) is 76.5 Å². The number of likely N-dealkylation sites (tertiary alicyclic amines) is 1. The zero-order valence-electron chi connectivity index (χ0n) is 16.6. The zero-order valence-corrected chi connectivity index (χ0v) is 16.6. The Morgan fingerprint density at radius 3 is 2.67 bits per heavy atom. The molecule has 1 aromatic heterocycles. The highest BCUT2D eigenvalue weighted by Crippen LogP contribution is 2.23. The Morgan fingerprint density at radius 1 is 1.17 bits per heavy atom. The summed E-state index contributed by atoms with van der Waals surface area (Å²) in [5, 5.41) is 6.54. The molecule has 7 nitrogen and oxygen atoms in total. The Hall–Kier alpha value is -3.68. The number of benzene rings is 2. The minimum absolute atomic E-state index is 0.103. The summed E-state index contributed by atoms with van der Waals surface area (Å²) in [6, 6.07) is 11.5. The minimum atomic E-state index is -0.601. The van der Waals surface area contributed by atoms with Crippen molar-refractivity contribution >= 4 is 17.5 Å². The van der Waals surface area contributed by atoms with Gasteiger partial charge < -0.3 is 15.0 Å². The largest absolute Gasteiger partial charge is 0.487 e. The van der Waals surface area contributed by atoms with E-state index in [-0.39, 0.29) is 23.3 Å². The normalized spacial score (nSPS) is 13.6. The van der Waals surface area contributed by atoms with Gasteiger partial charge >= 0.3 is 0 Å². The van der Waals surface area contributed by atoms with Crippen molar-refractivity contribution in [3.05, 3.63) is 77.4 Å². The van der Waals surface area contributed by atoms with Crippen LogP contribution in [0.25, 0.3) is 0 Å². The van der Waals surface area contributed by atoms with Crippen LogP contribution in [0.3, 0.4) is 0 Å². The second-order valence-corrected chi connectivity index (χ2v) is 7.35. The fourth-order valence-corrected chi connectivity index (χ4v) is 3.27. The van der Waals surface area contributed by atoms with E-state index in [9.17, 15) is 14.0 Å². The summed E-state index contributed by atoms with van der Waals surface area (Å²) in [5.41, 5.74) is 1.82. The highest BCUT2D eigenvalue weighted by atomic mass is 19.1. The first-order valence-corrected chi connectivity index (χ1v) is 9.50. The molecule has 1 N–H and O–H groups in total. The molecule has 0 saturated carbocycles. The molecule has 4 rings (SSSR count). The first kappa shape index (κ1) is 19.6. The molecule has 154 valence electrons. The van der Waals surface area contributed by atoms with Gasteiger partial charge in [0.05, 0.1) is 24.8 Å². The van der Waals surface area contributed by atoms with Crippen molar-refractivity contribution in [3.8, 4) is 5.75 Å². The summed E-state index contributed by atoms with van der Waals surface area (Å²) in [6.45, 7) is 2.82. The molecule has 8 heteroatoms. The number of halogens is 1. The third kappa shape index (κ3) is 4.32. The van der Waals surface area contributed by atoms with Gasteiger partial charge in [-0.15, -0.1) is 0 Å². The molecule has 0 atom stereocenters. The first-order chi connectivity index (χ1) is 14.4. The van der Waals surface area contributed by atoms with Crippen LogP contribution in [0.5, 0.6) is 5.75 Å². The van der Waals surface area contributed by atoms with Crippen LogP contribution < -0.4 is 10.1 Å². The van der Waals surface area contributed by atoms with Crippen LogP contribution in [0.4, 0.5) is 10.1 Å². The van der Waals surface area contributed by atoms with Gasteiger partial charge in [0.25, 0.3) is 11.8 Å². The molecule has 0 aliphatic carbocycles. The van der Waals surface area contributed by atoms with Crippen molar-refractivity contribution in [2.75, 3.05) is 18.4 Å². The number of hydrogen-bond acceptors (Lipinski definition) is 4. The molecule has 0 spiro atoms. The number of carbonyl (C=O) groups excluding carboxylic acids is 2. The predicted molar refractivity (Wildman–Crippen MR) is 109 cm³/mol. The second kappa shape index (κ2) is 7.98. The number of aromatic nitrogens is 2. The third-order valence-electron chi connectivity index (χ3n) is 4.80. The minimum Gasteiger partial charge on any atom is -0.487 e. The van der Waals surface area contributed by atoms with Crippen molar-refractivity contribution < 1.29 is 18.7 Å². The summed E-state index contributed by atoms with van der Waals surface area (Å²) < 4.78 is 21.4. The Morgan fingerprint density at radius 2 is 1.97 bits per heavy atom. The van der Waals surface area contributed by atoms with E-state index in [0.717, 1.165) is 17.4 Å². The van der Waals surface area contributed by atoms with Gasteiger partial charge in [-0.3, -0.25) is 14.3 Å². The molecule has 2 heterocycles. The van der Waals surface area contributed by atoms with Crippen LogP contribution in [0, 0.1) is 12.7 Å². The number of nitrogens with one attached hydrogen (secondary N) is 1. The van der Waals surface area contributed by atoms with Gasteiger partial charge in [0.15, 0.2) is 0 Å². The van der Waals surface area contributed by atoms with E-state index < -0.39 is 11.7 Å². The maximum Gasteiger partial charge on any atom is 0.258 e. The molecule has 2 amide bonds. The zero-order chi connectivity index (χ0) is 21.3. The fourth-order valence-electron chi connectivity index (χ4n) is 3.27. The van der Waals surface area contributed by atoms with Crippen molar-refractivity contribution in [3.63, 3.8) is 0 Å². The number of anilines is 1. The molecular formula is C22H21FN4O3. The van der Waals surface area contributed by atoms with Crippen molar-refractivity contribution in [2.24, 2.45) is 7.05 Å². The van der Waals surface area contributed by atoms with E-state index >= 15 is 0 Å². The van der Waals surface area contributed by atoms with Crippen LogP contribution in [0.15, 0.2) is 54.9 Å². The first-order valence-electron chi connectivity index (χ1n) is 9.50. The van der Waals surface area contributed by atoms with Gasteiger partial charge in [-0.05, 0) is 42.8 Å². The van der Waals surface area contributed by atoms with Gasteiger partial charge in [0.2, 0.25) is 0 Å². The molecule has 1 aliphatic heterocycles. The number of amides is 2. The Balaban J connectivity index is 1.39. The monoisotopic (exact) mass is 408 g/mol. The Kier molecular flexibility index (Phi) is 5.22. The number of hydrogen-bond donors (Lipinski definition) is 1. The summed E-state index contributed by atoms with van der Waals surface area (Å²) in [4.78, 5) is 26.6. The van der Waals surface area contributed by atoms with Crippen LogP contribution in [-0.2, 0) is 7.05 Å². The van der Waals surface area contributed by atoms with Gasteiger partial charge in [-0.25, -0.2) is 4.39 Å². The summed E-state index contributed by atoms with van der Waals surface area (Å²) in [5.74, 6) is -0.577. The number of aryl methyl sites for hydroxylation is 2. The second-order valence-electron chi connectivity index (χ2n) is 7.35. The van der Waals surface area contributed by atoms with E-state index in [1.165, 1.54) is 23.0 Å². The SMILES string of the molecule is Cc1cccc(OC2CN(C(=O)c3cc(F)cc(NC(=O)c4cnn(C)c4)c3)C2)c1. The van der Waals surface area contributed by atoms with Gasteiger partial charge in [0, 0.05) is 24.5 Å². The molecule has 30 heavy (non-hydrogen) atoms. The van der Waals surface area contributed by atoms with Crippen LogP contribution in [0.1, 0.15) is 26.3 Å². The van der Waals surface area contributed by atoms with E-state index in [4.69, 9.17) is 4.74 Å². The molecule has 1 aliphatic rings. The lowest BCUT2D eigenvalue weighted by Crippen LogP contribution is -2.56. The molecule has 1 fully saturated rings. The molecule has 3 aromatic rings. The highest BCUT2D eigenvalue weighted by molar-refractivity contribution is 6.04. The lowest BCUT2D eigenvalue weighted by Gasteiger charge is -2.39. The van der Waals surface area contributed by atoms with Gasteiger partial charge in [0.1, 0.15) is 17.7 Å². The summed E-state index contributed by atoms with van der Waals surface area (Å²) >= 11 is 0. The fraction of sp³-hybridized carbons (Fsp3) is 0.227. The standard InChI is InChI=1S/C22H21FN4O3/c1-14-4-3-5-19(6-14)30-20-12-27(13-20)22(29)15-7-17(23)9-18(8-15)25-21(28)16-10-24-26(2)11-16/h3-11,20H,12-13H2,1-2H3,(H,25,28). The van der Waals surface area contributed by atoms with E-state index in [1.54, 1.807) is 18.1 Å². The quantitative estimate of drug-likeness (QED) is 0.704. The van der Waals surface area contributed by atoms with E-state index in [1.807, 2.05) is 31.2 Å². The van der Waals surface area contributed by atoms with Crippen LogP contribution in [-0.4, -0.2) is 45.7 Å². The third-order valence-corrected chi connectivity index (χ3v) is 4.80. The highest BCUT2D eigenvalue weighted by Gasteiger charge is 2.33. The average molecular weight is 408 g/mol. The number of carbonyl (C=O) groups is 2. The molecular weight excluding hydrogens is 387 g/mol. The summed E-state index contributed by atoms with van der Waals surface area (Å²) in [7, 11) is 1.69. The lowest BCUT2D eigenvalue weighted by atomic mass is 10.1. The Bertz CT molecular complexity index is 1110. The maximum atomic E-state index is 14.1. The summed E-state index contributed by atoms with van der Waals surface area (Å²) in [6.07, 6.45) is 2.86. The van der Waals surface area contributed by atoms with E-state index in [0.29, 0.717) is 18.7 Å². The molecule has 1 saturated heterocycles. The van der Waals surface area contributed by atoms with Crippen LogP contribution in [0.2, 0.25) is 0 Å². The molecule has 2 aromatic carbocycles. The van der Waals surface area contributed by atoms with E-state index in [2.05, 4.69) is 10.4 Å². The van der Waals surface area contributed by atoms with Crippen molar-refractivity contribution in [1.29, 1.82) is 0 Å². The lowest BCUT2D eigenvalue weighted by molar-refractivity contribution is 0.0177. The average Bonchev–Trinajstić information content (AvgIpc) is 3.10. The number of rotatable bonds is 5. The maximum absolute atomic E-state index is 14.1. The van der Waals surface area contributed by atoms with Gasteiger partial charge in [-0.1, -0.05) is 12.1 Å². The van der Waals surface area contributed by atoms with Crippen molar-refractivity contribution in [2.45, 2.75) is 13.0 Å². The predicted octanol–water partition coefficient (Wildman–Crippen LogP) is 3.02. The molecule has 0 bridgehead atoms. The van der Waals surface area contributed by atoms with Gasteiger partial charge in [-0.2, -0.15) is 5.10 Å². The van der Waals surface area contributed by atoms with Crippen molar-refractivity contribution in [1.82, 2.24) is 14.7 Å².